The molecule has 0 spiro atoms. The Bertz CT molecular complexity index is 639. The fourth-order valence-corrected chi connectivity index (χ4v) is 3.89. The van der Waals surface area contributed by atoms with Crippen molar-refractivity contribution < 1.29 is 9.84 Å². The number of nitriles is 1. The highest BCUT2D eigenvalue weighted by Gasteiger charge is 2.27. The molecule has 3 atom stereocenters. The molecule has 0 aromatic carbocycles. The zero-order valence-electron chi connectivity index (χ0n) is 15.6. The van der Waals surface area contributed by atoms with Gasteiger partial charge in [-0.3, -0.25) is 0 Å². The van der Waals surface area contributed by atoms with E-state index >= 15 is 0 Å². The van der Waals surface area contributed by atoms with Gasteiger partial charge in [-0.25, -0.2) is 4.98 Å². The Morgan fingerprint density at radius 1 is 1.15 bits per heavy atom. The van der Waals surface area contributed by atoms with E-state index < -0.39 is 0 Å². The largest absolute Gasteiger partial charge is 0.393 e. The summed E-state index contributed by atoms with van der Waals surface area (Å²) in [5.41, 5.74) is 0.437. The Morgan fingerprint density at radius 2 is 1.88 bits per heavy atom. The molecule has 2 fully saturated rings. The summed E-state index contributed by atoms with van der Waals surface area (Å²) in [6, 6.07) is 2.62. The van der Waals surface area contributed by atoms with Crippen molar-refractivity contribution in [1.82, 2.24) is 9.97 Å². The maximum atomic E-state index is 10.1. The average Bonchev–Trinajstić information content (AvgIpc) is 2.66. The summed E-state index contributed by atoms with van der Waals surface area (Å²) in [6.07, 6.45) is 8.36. The molecule has 3 rings (SSSR count). The number of aliphatic hydroxyl groups is 1. The van der Waals surface area contributed by atoms with E-state index in [1.54, 1.807) is 13.3 Å². The zero-order valence-corrected chi connectivity index (χ0v) is 15.6. The van der Waals surface area contributed by atoms with Crippen LogP contribution in [0.1, 0.15) is 57.4 Å². The molecule has 2 aliphatic carbocycles. The van der Waals surface area contributed by atoms with Crippen LogP contribution < -0.4 is 10.6 Å². The number of anilines is 2. The molecule has 7 heteroatoms. The Balaban J connectivity index is 1.64. The summed E-state index contributed by atoms with van der Waals surface area (Å²) in [6.45, 7) is 2.08. The first kappa shape index (κ1) is 18.9. The van der Waals surface area contributed by atoms with Gasteiger partial charge in [-0.05, 0) is 50.9 Å². The minimum atomic E-state index is -0.304. The highest BCUT2D eigenvalue weighted by Crippen LogP contribution is 2.28. The van der Waals surface area contributed by atoms with Gasteiger partial charge in [-0.15, -0.1) is 0 Å². The van der Waals surface area contributed by atoms with Gasteiger partial charge >= 0.3 is 0 Å². The predicted octanol–water partition coefficient (Wildman–Crippen LogP) is 2.68. The van der Waals surface area contributed by atoms with E-state index in [1.165, 1.54) is 0 Å². The summed E-state index contributed by atoms with van der Waals surface area (Å²) >= 11 is 0. The van der Waals surface area contributed by atoms with E-state index in [1.807, 2.05) is 0 Å². The van der Waals surface area contributed by atoms with Gasteiger partial charge in [-0.2, -0.15) is 10.2 Å². The third kappa shape index (κ3) is 4.63. The van der Waals surface area contributed by atoms with Gasteiger partial charge < -0.3 is 20.5 Å². The SMILES string of the molecule is CO[C@H]1CC[C@H](Nc2ncc(C#N)c(N[C@@H]3CC[C@@H](C)[C@H](O)C3)n2)CC1. The lowest BCUT2D eigenvalue weighted by molar-refractivity contribution is 0.0681. The van der Waals surface area contributed by atoms with Crippen LogP contribution in [0.15, 0.2) is 6.20 Å². The number of hydrogen-bond acceptors (Lipinski definition) is 7. The fourth-order valence-electron chi connectivity index (χ4n) is 3.89. The molecule has 0 radical (unpaired) electrons. The van der Waals surface area contributed by atoms with Crippen LogP contribution in [0.5, 0.6) is 0 Å². The van der Waals surface area contributed by atoms with Crippen molar-refractivity contribution in [3.05, 3.63) is 11.8 Å². The topological polar surface area (TPSA) is 103 Å². The molecular formula is C19H29N5O2. The quantitative estimate of drug-likeness (QED) is 0.742. The lowest BCUT2D eigenvalue weighted by Crippen LogP contribution is -2.35. The molecule has 0 bridgehead atoms. The third-order valence-corrected chi connectivity index (χ3v) is 5.74. The maximum absolute atomic E-state index is 10.1. The molecule has 3 N–H and O–H groups in total. The molecule has 2 saturated carbocycles. The number of hydrogen-bond donors (Lipinski definition) is 3. The summed E-state index contributed by atoms with van der Waals surface area (Å²) in [5, 5.41) is 26.2. The van der Waals surface area contributed by atoms with Gasteiger partial charge in [0.05, 0.1) is 18.4 Å². The number of nitrogens with one attached hydrogen (secondary N) is 2. The molecule has 26 heavy (non-hydrogen) atoms. The van der Waals surface area contributed by atoms with Crippen LogP contribution in [0.25, 0.3) is 0 Å². The first-order chi connectivity index (χ1) is 12.6. The maximum Gasteiger partial charge on any atom is 0.224 e. The second kappa shape index (κ2) is 8.65. The van der Waals surface area contributed by atoms with Crippen molar-refractivity contribution in [2.75, 3.05) is 17.7 Å². The summed E-state index contributed by atoms with van der Waals surface area (Å²) < 4.78 is 5.41. The van der Waals surface area contributed by atoms with E-state index in [2.05, 4.69) is 33.6 Å². The molecule has 0 unspecified atom stereocenters. The Hall–Kier alpha value is -1.91. The Labute approximate surface area is 155 Å². The number of aromatic nitrogens is 2. The predicted molar refractivity (Wildman–Crippen MR) is 99.9 cm³/mol. The summed E-state index contributed by atoms with van der Waals surface area (Å²) in [7, 11) is 1.77. The number of aliphatic hydroxyl groups excluding tert-OH is 1. The van der Waals surface area contributed by atoms with Crippen molar-refractivity contribution >= 4 is 11.8 Å². The highest BCUT2D eigenvalue weighted by molar-refractivity contribution is 5.54. The van der Waals surface area contributed by atoms with Crippen LogP contribution in [0.4, 0.5) is 11.8 Å². The Morgan fingerprint density at radius 3 is 2.54 bits per heavy atom. The molecular weight excluding hydrogens is 330 g/mol. The van der Waals surface area contributed by atoms with Crippen LogP contribution in [0, 0.1) is 17.2 Å². The number of methoxy groups -OCH3 is 1. The molecule has 0 saturated heterocycles. The average molecular weight is 359 g/mol. The molecule has 1 aromatic rings. The van der Waals surface area contributed by atoms with Gasteiger partial charge in [0.25, 0.3) is 0 Å². The molecule has 2 aliphatic rings. The van der Waals surface area contributed by atoms with Gasteiger partial charge in [0.2, 0.25) is 5.95 Å². The van der Waals surface area contributed by atoms with Crippen molar-refractivity contribution in [3.8, 4) is 6.07 Å². The van der Waals surface area contributed by atoms with Gasteiger partial charge in [0.15, 0.2) is 0 Å². The van der Waals surface area contributed by atoms with Crippen molar-refractivity contribution in [2.24, 2.45) is 5.92 Å². The number of ether oxygens (including phenoxy) is 1. The van der Waals surface area contributed by atoms with Crippen LogP contribution in [-0.2, 0) is 4.74 Å². The van der Waals surface area contributed by atoms with E-state index in [0.717, 1.165) is 38.5 Å². The van der Waals surface area contributed by atoms with Crippen LogP contribution in [-0.4, -0.2) is 46.5 Å². The van der Waals surface area contributed by atoms with Crippen molar-refractivity contribution in [3.63, 3.8) is 0 Å². The molecule has 0 aliphatic heterocycles. The van der Waals surface area contributed by atoms with E-state index in [0.29, 0.717) is 41.8 Å². The third-order valence-electron chi connectivity index (χ3n) is 5.74. The summed E-state index contributed by atoms with van der Waals surface area (Å²) in [4.78, 5) is 8.84. The van der Waals surface area contributed by atoms with Crippen molar-refractivity contribution in [2.45, 2.75) is 76.2 Å². The lowest BCUT2D eigenvalue weighted by Gasteiger charge is -2.32. The molecule has 142 valence electrons. The molecule has 7 nitrogen and oxygen atoms in total. The standard InChI is InChI=1S/C19H29N5O2/c1-12-3-4-15(9-17(12)25)22-18-13(10-20)11-21-19(24-18)23-14-5-7-16(26-2)8-6-14/h11-12,14-17,25H,3-9H2,1-2H3,(H2,21,22,23,24)/t12-,14-,15-,16-,17-/m1/s1. The monoisotopic (exact) mass is 359 g/mol. The second-order valence-electron chi connectivity index (χ2n) is 7.62. The first-order valence-electron chi connectivity index (χ1n) is 9.60. The number of nitrogens with zero attached hydrogens (tertiary/aromatic N) is 3. The molecule has 1 heterocycles. The summed E-state index contributed by atoms with van der Waals surface area (Å²) in [5.74, 6) is 1.44. The second-order valence-corrected chi connectivity index (χ2v) is 7.62. The van der Waals surface area contributed by atoms with Crippen LogP contribution in [0.3, 0.4) is 0 Å². The normalized spacial score (nSPS) is 31.8. The van der Waals surface area contributed by atoms with Gasteiger partial charge in [-0.1, -0.05) is 6.92 Å². The molecule has 0 amide bonds. The fraction of sp³-hybridized carbons (Fsp3) is 0.737. The van der Waals surface area contributed by atoms with Gasteiger partial charge in [0.1, 0.15) is 17.5 Å². The smallest absolute Gasteiger partial charge is 0.224 e. The van der Waals surface area contributed by atoms with E-state index in [-0.39, 0.29) is 12.1 Å². The highest BCUT2D eigenvalue weighted by atomic mass is 16.5. The molecule has 1 aromatic heterocycles. The zero-order chi connectivity index (χ0) is 18.5. The van der Waals surface area contributed by atoms with Crippen LogP contribution >= 0.6 is 0 Å². The lowest BCUT2D eigenvalue weighted by atomic mass is 9.85. The van der Waals surface area contributed by atoms with E-state index in [9.17, 15) is 10.4 Å². The van der Waals surface area contributed by atoms with E-state index in [4.69, 9.17) is 4.74 Å². The van der Waals surface area contributed by atoms with Gasteiger partial charge in [0, 0.05) is 19.2 Å². The first-order valence-corrected chi connectivity index (χ1v) is 9.60. The Kier molecular flexibility index (Phi) is 6.28. The van der Waals surface area contributed by atoms with Crippen molar-refractivity contribution in [1.29, 1.82) is 5.26 Å². The number of rotatable bonds is 5. The van der Waals surface area contributed by atoms with Crippen LogP contribution in [0.2, 0.25) is 0 Å². The minimum Gasteiger partial charge on any atom is -0.393 e. The minimum absolute atomic E-state index is 0.133.